The fraction of sp³-hybridized carbons (Fsp3) is 0.375. The zero-order valence-corrected chi connectivity index (χ0v) is 18.6. The van der Waals surface area contributed by atoms with Crippen molar-refractivity contribution in [2.75, 3.05) is 42.7 Å². The van der Waals surface area contributed by atoms with E-state index in [1.807, 2.05) is 6.20 Å². The number of nitrogens with zero attached hydrogens (tertiary/aromatic N) is 2. The van der Waals surface area contributed by atoms with Gasteiger partial charge in [0.15, 0.2) is 0 Å². The molecule has 1 aromatic heterocycles. The van der Waals surface area contributed by atoms with Crippen molar-refractivity contribution in [3.05, 3.63) is 60.3 Å². The average molecular weight is 439 g/mol. The number of hydrogen-bond acceptors (Lipinski definition) is 5. The molecule has 3 aromatic rings. The van der Waals surface area contributed by atoms with E-state index in [9.17, 15) is 4.55 Å². The van der Waals surface area contributed by atoms with E-state index in [2.05, 4.69) is 58.4 Å². The van der Waals surface area contributed by atoms with Gasteiger partial charge >= 0.3 is 0 Å². The third-order valence-corrected chi connectivity index (χ3v) is 8.42. The van der Waals surface area contributed by atoms with Crippen LogP contribution in [0.4, 0.5) is 5.69 Å². The van der Waals surface area contributed by atoms with E-state index in [-0.39, 0.29) is 0 Å². The first-order valence-corrected chi connectivity index (χ1v) is 12.9. The van der Waals surface area contributed by atoms with Crippen molar-refractivity contribution in [3.63, 3.8) is 0 Å². The van der Waals surface area contributed by atoms with Gasteiger partial charge in [-0.05, 0) is 42.0 Å². The van der Waals surface area contributed by atoms with E-state index in [4.69, 9.17) is 4.74 Å². The zero-order valence-electron chi connectivity index (χ0n) is 17.0. The van der Waals surface area contributed by atoms with Gasteiger partial charge in [0.1, 0.15) is 16.5 Å². The van der Waals surface area contributed by atoms with Crippen LogP contribution in [0.2, 0.25) is 0 Å². The summed E-state index contributed by atoms with van der Waals surface area (Å²) in [6, 6.07) is 17.6. The second-order valence-corrected chi connectivity index (χ2v) is 10.6. The van der Waals surface area contributed by atoms with Crippen LogP contribution in [0.15, 0.2) is 54.7 Å². The summed E-state index contributed by atoms with van der Waals surface area (Å²) in [7, 11) is 0. The lowest BCUT2D eigenvalue weighted by molar-refractivity contribution is 0.0853. The molecule has 0 aliphatic carbocycles. The molecule has 0 atom stereocenters. The largest absolute Gasteiger partial charge is 0.616 e. The van der Waals surface area contributed by atoms with Crippen molar-refractivity contribution >= 4 is 28.2 Å². The summed E-state index contributed by atoms with van der Waals surface area (Å²) in [5, 5.41) is 1.06. The van der Waals surface area contributed by atoms with Gasteiger partial charge in [-0.15, -0.1) is 11.3 Å². The van der Waals surface area contributed by atoms with E-state index < -0.39 is 11.2 Å². The average Bonchev–Trinajstić information content (AvgIpc) is 3.31. The minimum Gasteiger partial charge on any atom is -0.616 e. The van der Waals surface area contributed by atoms with Crippen LogP contribution in [0.1, 0.15) is 24.3 Å². The molecular weight excluding hydrogens is 412 g/mol. The second-order valence-electron chi connectivity index (χ2n) is 7.92. The summed E-state index contributed by atoms with van der Waals surface area (Å²) in [5.74, 6) is 2.17. The van der Waals surface area contributed by atoms with Crippen molar-refractivity contribution in [1.82, 2.24) is 4.98 Å². The number of hydrogen-bond donors (Lipinski definition) is 0. The van der Waals surface area contributed by atoms with Crippen molar-refractivity contribution in [2.24, 2.45) is 0 Å². The number of rotatable bonds is 4. The molecule has 3 heterocycles. The van der Waals surface area contributed by atoms with Crippen LogP contribution >= 0.6 is 11.3 Å². The molecule has 0 N–H and O–H groups in total. The molecule has 4 nitrogen and oxygen atoms in total. The zero-order chi connectivity index (χ0) is 20.3. The van der Waals surface area contributed by atoms with Gasteiger partial charge in [0.05, 0.1) is 18.0 Å². The van der Waals surface area contributed by atoms with Gasteiger partial charge < -0.3 is 14.2 Å². The predicted molar refractivity (Wildman–Crippen MR) is 126 cm³/mol. The van der Waals surface area contributed by atoms with Crippen LogP contribution in [0.3, 0.4) is 0 Å². The molecule has 0 saturated carbocycles. The quantitative estimate of drug-likeness (QED) is 0.542. The van der Waals surface area contributed by atoms with Crippen LogP contribution in [0.5, 0.6) is 0 Å². The van der Waals surface area contributed by atoms with Crippen LogP contribution < -0.4 is 4.90 Å². The summed E-state index contributed by atoms with van der Waals surface area (Å²) in [6.45, 7) is 3.50. The molecule has 0 unspecified atom stereocenters. The van der Waals surface area contributed by atoms with Gasteiger partial charge in [-0.1, -0.05) is 47.6 Å². The Morgan fingerprint density at radius 3 is 2.30 bits per heavy atom. The first kappa shape index (κ1) is 20.1. The summed E-state index contributed by atoms with van der Waals surface area (Å²) in [5.41, 5.74) is 5.00. The fourth-order valence-corrected chi connectivity index (χ4v) is 6.18. The smallest absolute Gasteiger partial charge is 0.123 e. The third-order valence-electron chi connectivity index (χ3n) is 6.05. The molecule has 0 bridgehead atoms. The Morgan fingerprint density at radius 2 is 1.60 bits per heavy atom. The van der Waals surface area contributed by atoms with E-state index in [0.29, 0.717) is 5.92 Å². The Morgan fingerprint density at radius 1 is 0.933 bits per heavy atom. The lowest BCUT2D eigenvalue weighted by Gasteiger charge is -2.29. The highest BCUT2D eigenvalue weighted by Crippen LogP contribution is 2.34. The molecule has 2 fully saturated rings. The topological polar surface area (TPSA) is 48.4 Å². The maximum absolute atomic E-state index is 11.6. The fourth-order valence-electron chi connectivity index (χ4n) is 4.20. The molecule has 0 radical (unpaired) electrons. The molecular formula is C24H26N2O2S2. The van der Waals surface area contributed by atoms with E-state index in [0.717, 1.165) is 55.7 Å². The van der Waals surface area contributed by atoms with E-state index in [1.165, 1.54) is 27.3 Å². The molecule has 30 heavy (non-hydrogen) atoms. The van der Waals surface area contributed by atoms with Crippen LogP contribution in [0.25, 0.3) is 21.0 Å². The Bertz CT molecular complexity index is 958. The highest BCUT2D eigenvalue weighted by molar-refractivity contribution is 7.91. The van der Waals surface area contributed by atoms with Crippen molar-refractivity contribution in [1.29, 1.82) is 0 Å². The van der Waals surface area contributed by atoms with Crippen LogP contribution in [0, 0.1) is 0 Å². The van der Waals surface area contributed by atoms with Crippen molar-refractivity contribution in [2.45, 2.75) is 18.8 Å². The van der Waals surface area contributed by atoms with Crippen molar-refractivity contribution < 1.29 is 9.29 Å². The minimum absolute atomic E-state index is 0.623. The highest BCUT2D eigenvalue weighted by Gasteiger charge is 2.20. The Kier molecular flexibility index (Phi) is 6.09. The number of anilines is 1. The van der Waals surface area contributed by atoms with Crippen molar-refractivity contribution in [3.8, 4) is 21.0 Å². The molecule has 0 amide bonds. The van der Waals surface area contributed by atoms with Gasteiger partial charge in [-0.3, -0.25) is 0 Å². The SMILES string of the molecule is [O-][S+]1CCN(c2ccc(-c3cnc(-c4ccc(C5CCOCC5)cc4)s3)cc2)CC1. The molecule has 5 rings (SSSR count). The number of thiazole rings is 1. The first-order chi connectivity index (χ1) is 14.8. The monoisotopic (exact) mass is 438 g/mol. The molecule has 6 heteroatoms. The van der Waals surface area contributed by atoms with E-state index >= 15 is 0 Å². The maximum atomic E-state index is 11.6. The molecule has 2 aliphatic rings. The normalized spacial score (nSPS) is 18.6. The predicted octanol–water partition coefficient (Wildman–Crippen LogP) is 4.94. The Hall–Kier alpha value is -1.86. The van der Waals surface area contributed by atoms with Gasteiger partial charge in [-0.2, -0.15) is 0 Å². The van der Waals surface area contributed by atoms with Gasteiger partial charge in [0.25, 0.3) is 0 Å². The lowest BCUT2D eigenvalue weighted by atomic mass is 9.91. The second kappa shape index (κ2) is 9.10. The third kappa shape index (κ3) is 4.42. The highest BCUT2D eigenvalue weighted by atomic mass is 32.2. The Labute approximate surface area is 185 Å². The molecule has 2 aromatic carbocycles. The van der Waals surface area contributed by atoms with Crippen LogP contribution in [-0.4, -0.2) is 47.3 Å². The first-order valence-electron chi connectivity index (χ1n) is 10.6. The summed E-state index contributed by atoms with van der Waals surface area (Å²) in [6.07, 6.45) is 4.21. The standard InChI is InChI=1S/C24H26N2O2S2/c27-30-15-11-26(12-16-30)22-7-5-20(6-8-22)23-17-25-24(29-23)21-3-1-18(2-4-21)19-9-13-28-14-10-19/h1-8,17,19H,9-16H2. The number of benzene rings is 2. The molecule has 2 aliphatic heterocycles. The summed E-state index contributed by atoms with van der Waals surface area (Å²) < 4.78 is 17.1. The Balaban J connectivity index is 1.28. The minimum atomic E-state index is -0.641. The van der Waals surface area contributed by atoms with Gasteiger partial charge in [0, 0.05) is 30.7 Å². The lowest BCUT2D eigenvalue weighted by Crippen LogP contribution is -2.40. The van der Waals surface area contributed by atoms with Gasteiger partial charge in [0.2, 0.25) is 0 Å². The number of ether oxygens (including phenoxy) is 1. The summed E-state index contributed by atoms with van der Waals surface area (Å²) >= 11 is 1.10. The molecule has 2 saturated heterocycles. The molecule has 0 spiro atoms. The van der Waals surface area contributed by atoms with E-state index in [1.54, 1.807) is 11.3 Å². The summed E-state index contributed by atoms with van der Waals surface area (Å²) in [4.78, 5) is 8.19. The molecule has 156 valence electrons. The maximum Gasteiger partial charge on any atom is 0.123 e. The number of aromatic nitrogens is 1. The van der Waals surface area contributed by atoms with Gasteiger partial charge in [-0.25, -0.2) is 4.98 Å². The van der Waals surface area contributed by atoms with Crippen LogP contribution in [-0.2, 0) is 15.9 Å².